The van der Waals surface area contributed by atoms with E-state index in [0.29, 0.717) is 78.7 Å². The number of amides is 6. The summed E-state index contributed by atoms with van der Waals surface area (Å²) in [6.07, 6.45) is 5.78. The number of carbonyl (C=O) groups is 7. The Bertz CT molecular complexity index is 2820. The van der Waals surface area contributed by atoms with Crippen molar-refractivity contribution in [3.05, 3.63) is 80.1 Å². The quantitative estimate of drug-likeness (QED) is 0.0132. The van der Waals surface area contributed by atoms with Crippen LogP contribution >= 0.6 is 0 Å². The number of pyridine rings is 2. The Morgan fingerprint density at radius 3 is 2.38 bits per heavy atom. The molecular formula is C49H61FN11O11STb-. The summed E-state index contributed by atoms with van der Waals surface area (Å²) < 4.78 is 26.9. The fourth-order valence-electron chi connectivity index (χ4n) is 8.49. The normalized spacial score (nSPS) is 15.1. The van der Waals surface area contributed by atoms with Crippen molar-refractivity contribution >= 4 is 64.9 Å². The number of hydrogen-bond acceptors (Lipinski definition) is 16. The Kier molecular flexibility index (Phi) is 21.7. The molecule has 0 saturated heterocycles. The van der Waals surface area contributed by atoms with E-state index in [0.717, 1.165) is 0 Å². The predicted molar refractivity (Wildman–Crippen MR) is 263 cm³/mol. The predicted octanol–water partition coefficient (Wildman–Crippen LogP) is 0.791. The number of fused-ring (bicyclic) bond motifs is 5. The number of aromatic nitrogens is 4. The first-order valence-corrected chi connectivity index (χ1v) is 24.5. The summed E-state index contributed by atoms with van der Waals surface area (Å²) >= 11 is 4.83. The largest absolute Gasteiger partial charge is 0.740 e. The molecule has 0 spiro atoms. The Morgan fingerprint density at radius 1 is 0.932 bits per heavy atom. The van der Waals surface area contributed by atoms with Crippen molar-refractivity contribution in [2.45, 2.75) is 122 Å². The van der Waals surface area contributed by atoms with Gasteiger partial charge in [-0.15, -0.1) is 0 Å². The first-order valence-electron chi connectivity index (χ1n) is 24.1. The van der Waals surface area contributed by atoms with Gasteiger partial charge in [-0.1, -0.05) is 27.2 Å². The van der Waals surface area contributed by atoms with Crippen molar-refractivity contribution in [1.82, 2.24) is 51.4 Å². The van der Waals surface area contributed by atoms with Crippen LogP contribution < -0.4 is 43.2 Å². The number of benzene rings is 1. The second-order valence-electron chi connectivity index (χ2n) is 18.2. The summed E-state index contributed by atoms with van der Waals surface area (Å²) in [7, 11) is 0. The Labute approximate surface area is 462 Å². The molecule has 0 aliphatic carbocycles. The molecule has 6 rings (SSSR count). The molecule has 25 heteroatoms. The number of carbonyl (C=O) groups excluding carboxylic acids is 7. The number of ether oxygens (including phenoxy) is 2. The average molecular weight is 1190 g/mol. The molecule has 3 atom stereocenters. The molecule has 2 aliphatic rings. The Morgan fingerprint density at radius 2 is 1.68 bits per heavy atom. The third kappa shape index (κ3) is 14.6. The van der Waals surface area contributed by atoms with E-state index in [2.05, 4.69) is 41.9 Å². The number of nitrogens with two attached hydrogens (primary N) is 1. The number of rotatable bonds is 25. The molecule has 1 aromatic carbocycles. The maximum atomic E-state index is 14.9. The Balaban J connectivity index is 0.0000101. The minimum absolute atomic E-state index is 0. The standard InChI is InChI=1S/C49H62FN11O11S.Tb/c1-5-49(70)33-16-37-42-31(22-61(37)46(68)32(33)23-72-47(49)69)30(29-15-27(4)34(50)17-36(29)58-42)20-53-40(64)24-71-25-57-39(63)21-54-44(66)35(11-8-9-13-51)59-45(67)41(26(2)3)60-38(62)12-7-6-10-14-52-43(65)28-18-55-48(73)56-19-28;/h15-19,26,35,41,70H,5-14,20-25,51H2,1-4H3,(H,52,65)(H,53,64)(H,54,66)(H,57,63)(H,59,67)(H,60,62)(H,55,56,73);/p-1/t35-,41-,49+;/m0./s1. The fraction of sp³-hybridized carbons (Fsp3) is 0.490. The van der Waals surface area contributed by atoms with Gasteiger partial charge < -0.3 is 69.4 Å². The van der Waals surface area contributed by atoms with E-state index in [1.807, 2.05) is 0 Å². The van der Waals surface area contributed by atoms with Gasteiger partial charge in [0.2, 0.25) is 29.5 Å². The van der Waals surface area contributed by atoms with Gasteiger partial charge in [-0.05, 0) is 81.2 Å². The van der Waals surface area contributed by atoms with Gasteiger partial charge in [0.15, 0.2) is 5.60 Å². The molecule has 3 aromatic heterocycles. The minimum atomic E-state index is -2.05. The smallest absolute Gasteiger partial charge is 0.343 e. The monoisotopic (exact) mass is 1190 g/mol. The number of esters is 1. The van der Waals surface area contributed by atoms with Crippen molar-refractivity contribution in [2.75, 3.05) is 33.0 Å². The molecule has 0 unspecified atom stereocenters. The summed E-state index contributed by atoms with van der Waals surface area (Å²) in [6, 6.07) is 2.39. The second kappa shape index (κ2) is 27.2. The molecule has 1 radical (unpaired) electrons. The van der Waals surface area contributed by atoms with Crippen LogP contribution in [0.5, 0.6) is 0 Å². The van der Waals surface area contributed by atoms with Gasteiger partial charge in [0, 0.05) is 98.3 Å². The zero-order chi connectivity index (χ0) is 53.0. The van der Waals surface area contributed by atoms with Gasteiger partial charge in [-0.3, -0.25) is 43.5 Å². The average Bonchev–Trinajstić information content (AvgIpc) is 3.73. The summed E-state index contributed by atoms with van der Waals surface area (Å²) in [5.41, 5.74) is 6.02. The third-order valence-electron chi connectivity index (χ3n) is 12.7. The van der Waals surface area contributed by atoms with Gasteiger partial charge in [-0.2, -0.15) is 0 Å². The SMILES string of the molecule is CC[C@]1(O)C(=O)OCc2c1cc1n(c2=O)Cc2c-1nc1cc(F)c(C)cc1c2CNC(=O)COCNC(=O)CNC(=O)[C@H](CCCCN)NC(=O)[C@@H](NC(=O)CCCCCNC(=O)c1cnc([S-])nc1)C(C)C.[Tb]. The number of hydrogen-bond donors (Lipinski definition) is 8. The topological polar surface area (TPSA) is 317 Å². The molecule has 74 heavy (non-hydrogen) atoms. The first kappa shape index (κ1) is 59.1. The molecule has 0 fully saturated rings. The second-order valence-corrected chi connectivity index (χ2v) is 18.5. The molecular weight excluding hydrogens is 1130 g/mol. The van der Waals surface area contributed by atoms with Crippen molar-refractivity contribution in [1.29, 1.82) is 0 Å². The number of halogens is 1. The van der Waals surface area contributed by atoms with Crippen molar-refractivity contribution in [3.63, 3.8) is 0 Å². The summed E-state index contributed by atoms with van der Waals surface area (Å²) in [5, 5.41) is 27.9. The van der Waals surface area contributed by atoms with Crippen LogP contribution in [0.4, 0.5) is 4.39 Å². The molecule has 2 aliphatic heterocycles. The number of aliphatic hydroxyl groups is 1. The van der Waals surface area contributed by atoms with Crippen molar-refractivity contribution < 1.29 is 91.1 Å². The maximum Gasteiger partial charge on any atom is 0.343 e. The van der Waals surface area contributed by atoms with Crippen molar-refractivity contribution in [3.8, 4) is 11.4 Å². The molecule has 0 bridgehead atoms. The van der Waals surface area contributed by atoms with Crippen LogP contribution in [0.3, 0.4) is 0 Å². The van der Waals surface area contributed by atoms with Gasteiger partial charge >= 0.3 is 5.97 Å². The number of nitrogens with zero attached hydrogens (tertiary/aromatic N) is 4. The molecule has 22 nitrogen and oxygen atoms in total. The van der Waals surface area contributed by atoms with Gasteiger partial charge in [0.1, 0.15) is 37.8 Å². The maximum absolute atomic E-state index is 14.9. The van der Waals surface area contributed by atoms with E-state index in [9.17, 15) is 47.9 Å². The van der Waals surface area contributed by atoms with Crippen molar-refractivity contribution in [2.24, 2.45) is 11.7 Å². The zero-order valence-electron chi connectivity index (χ0n) is 41.4. The summed E-state index contributed by atoms with van der Waals surface area (Å²) in [4.78, 5) is 117. The fourth-order valence-corrected chi connectivity index (χ4v) is 8.59. The number of cyclic esters (lactones) is 1. The molecule has 0 saturated carbocycles. The van der Waals surface area contributed by atoms with Crippen LogP contribution in [-0.2, 0) is 76.2 Å². The number of nitrogens with one attached hydrogen (secondary N) is 6. The van der Waals surface area contributed by atoms with E-state index in [1.54, 1.807) is 39.8 Å². The third-order valence-corrected chi connectivity index (χ3v) is 12.9. The van der Waals surface area contributed by atoms with Gasteiger partial charge in [0.25, 0.3) is 11.5 Å². The van der Waals surface area contributed by atoms with Crippen LogP contribution in [0.1, 0.15) is 110 Å². The molecule has 401 valence electrons. The van der Waals surface area contributed by atoms with Gasteiger partial charge in [-0.25, -0.2) is 14.2 Å². The van der Waals surface area contributed by atoms with E-state index >= 15 is 0 Å². The van der Waals surface area contributed by atoms with E-state index in [-0.39, 0.29) is 123 Å². The first-order chi connectivity index (χ1) is 34.9. The number of aryl methyl sites for hydroxylation is 1. The zero-order valence-corrected chi connectivity index (χ0v) is 44.4. The van der Waals surface area contributed by atoms with Crippen LogP contribution in [0.25, 0.3) is 22.3 Å². The van der Waals surface area contributed by atoms with E-state index in [1.165, 1.54) is 23.0 Å². The number of unbranched alkanes of at least 4 members (excludes halogenated alkanes) is 3. The Hall–Kier alpha value is -5.73. The summed E-state index contributed by atoms with van der Waals surface area (Å²) in [5.74, 6) is -4.87. The van der Waals surface area contributed by atoms with Crippen LogP contribution in [0, 0.1) is 57.3 Å². The minimum Gasteiger partial charge on any atom is -0.740 e. The summed E-state index contributed by atoms with van der Waals surface area (Å²) in [6.45, 7) is 5.66. The van der Waals surface area contributed by atoms with Gasteiger partial charge in [0.05, 0.1) is 41.1 Å². The van der Waals surface area contributed by atoms with E-state index < -0.39 is 78.5 Å². The molecule has 9 N–H and O–H groups in total. The molecule has 4 aromatic rings. The molecule has 5 heterocycles. The van der Waals surface area contributed by atoms with E-state index in [4.69, 9.17) is 32.8 Å². The van der Waals surface area contributed by atoms with Crippen LogP contribution in [0.15, 0.2) is 40.5 Å². The van der Waals surface area contributed by atoms with Crippen LogP contribution in [0.2, 0.25) is 0 Å². The molecule has 6 amide bonds. The van der Waals surface area contributed by atoms with Crippen LogP contribution in [-0.4, -0.2) is 111 Å².